The smallest absolute Gasteiger partial charge is 0.410 e. The molecule has 1 amide bonds. The Labute approximate surface area is 198 Å². The van der Waals surface area contributed by atoms with E-state index < -0.39 is 29.6 Å². The van der Waals surface area contributed by atoms with Gasteiger partial charge in [0, 0.05) is 24.0 Å². The van der Waals surface area contributed by atoms with E-state index in [1.807, 2.05) is 0 Å². The molecule has 0 spiro atoms. The van der Waals surface area contributed by atoms with Crippen LogP contribution in [0.1, 0.15) is 58.1 Å². The van der Waals surface area contributed by atoms with Gasteiger partial charge < -0.3 is 24.6 Å². The molecule has 3 unspecified atom stereocenters. The van der Waals surface area contributed by atoms with Crippen molar-refractivity contribution in [2.24, 2.45) is 11.8 Å². The minimum atomic E-state index is -1.09. The predicted octanol–water partition coefficient (Wildman–Crippen LogP) is 4.54. The van der Waals surface area contributed by atoms with Crippen molar-refractivity contribution in [1.82, 2.24) is 9.88 Å². The molecule has 1 aromatic heterocycles. The summed E-state index contributed by atoms with van der Waals surface area (Å²) in [5.41, 5.74) is 0.0657. The van der Waals surface area contributed by atoms with Crippen LogP contribution >= 0.6 is 0 Å². The number of aliphatic hydroxyl groups is 1. The number of hydrogen-bond acceptors (Lipinski definition) is 6. The van der Waals surface area contributed by atoms with Crippen LogP contribution in [0.3, 0.4) is 0 Å². The number of methoxy groups -OCH3 is 1. The predicted molar refractivity (Wildman–Crippen MR) is 124 cm³/mol. The zero-order valence-electron chi connectivity index (χ0n) is 20.1. The molecule has 9 heteroatoms. The minimum absolute atomic E-state index is 0.0323. The highest BCUT2D eigenvalue weighted by Crippen LogP contribution is 2.36. The van der Waals surface area contributed by atoms with E-state index in [0.29, 0.717) is 36.0 Å². The normalized spacial score (nSPS) is 19.6. The van der Waals surface area contributed by atoms with Crippen LogP contribution in [0, 0.1) is 17.7 Å². The summed E-state index contributed by atoms with van der Waals surface area (Å²) in [6.07, 6.45) is 0.781. The summed E-state index contributed by atoms with van der Waals surface area (Å²) in [4.78, 5) is 29.6. The number of carboxylic acid groups (broad SMARTS) is 1. The van der Waals surface area contributed by atoms with Gasteiger partial charge in [-0.25, -0.2) is 9.18 Å². The molecule has 1 aliphatic heterocycles. The van der Waals surface area contributed by atoms with E-state index in [-0.39, 0.29) is 36.8 Å². The maximum absolute atomic E-state index is 14.7. The number of fused-ring (bicyclic) bond motifs is 1. The molecule has 34 heavy (non-hydrogen) atoms. The van der Waals surface area contributed by atoms with Crippen molar-refractivity contribution in [3.8, 4) is 5.75 Å². The van der Waals surface area contributed by atoms with Crippen LogP contribution in [0.5, 0.6) is 5.75 Å². The molecule has 1 fully saturated rings. The number of halogens is 1. The summed E-state index contributed by atoms with van der Waals surface area (Å²) in [7, 11) is 1.51. The van der Waals surface area contributed by atoms with Gasteiger partial charge in [-0.3, -0.25) is 9.78 Å². The maximum atomic E-state index is 14.7. The van der Waals surface area contributed by atoms with E-state index in [0.717, 1.165) is 6.20 Å². The Morgan fingerprint density at radius 1 is 1.29 bits per heavy atom. The Kier molecular flexibility index (Phi) is 7.97. The van der Waals surface area contributed by atoms with Crippen LogP contribution in [0.4, 0.5) is 9.18 Å². The Morgan fingerprint density at radius 3 is 2.68 bits per heavy atom. The van der Waals surface area contributed by atoms with Gasteiger partial charge in [0.2, 0.25) is 0 Å². The Morgan fingerprint density at radius 2 is 2.03 bits per heavy atom. The average molecular weight is 477 g/mol. The molecule has 186 valence electrons. The molecule has 3 rings (SSSR count). The van der Waals surface area contributed by atoms with Gasteiger partial charge in [0.1, 0.15) is 17.2 Å². The van der Waals surface area contributed by atoms with Crippen molar-refractivity contribution >= 4 is 23.0 Å². The lowest BCUT2D eigenvalue weighted by molar-refractivity contribution is -0.139. The van der Waals surface area contributed by atoms with E-state index in [1.54, 1.807) is 43.9 Å². The lowest BCUT2D eigenvalue weighted by Crippen LogP contribution is -2.46. The summed E-state index contributed by atoms with van der Waals surface area (Å²) < 4.78 is 25.4. The molecule has 8 nitrogen and oxygen atoms in total. The number of hydrogen-bond donors (Lipinski definition) is 2. The summed E-state index contributed by atoms with van der Waals surface area (Å²) in [6, 6.07) is 5.08. The van der Waals surface area contributed by atoms with Gasteiger partial charge in [0.15, 0.2) is 0 Å². The van der Waals surface area contributed by atoms with Gasteiger partial charge in [-0.1, -0.05) is 0 Å². The summed E-state index contributed by atoms with van der Waals surface area (Å²) in [5.74, 6) is -1.33. The Balaban J connectivity index is 1.73. The number of aliphatic carboxylic acids is 1. The number of piperidine rings is 1. The van der Waals surface area contributed by atoms with Crippen molar-refractivity contribution in [1.29, 1.82) is 0 Å². The van der Waals surface area contributed by atoms with Gasteiger partial charge in [0.25, 0.3) is 0 Å². The number of carbonyl (C=O) groups excluding carboxylic acids is 1. The molecule has 3 atom stereocenters. The number of pyridine rings is 1. The average Bonchev–Trinajstić information content (AvgIpc) is 2.75. The first-order valence-corrected chi connectivity index (χ1v) is 11.5. The second kappa shape index (κ2) is 10.5. The monoisotopic (exact) mass is 476 g/mol. The number of benzene rings is 1. The first-order chi connectivity index (χ1) is 16.0. The lowest BCUT2D eigenvalue weighted by Gasteiger charge is -2.39. The number of ether oxygens (including phenoxy) is 2. The van der Waals surface area contributed by atoms with E-state index in [4.69, 9.17) is 9.47 Å². The maximum Gasteiger partial charge on any atom is 0.410 e. The largest absolute Gasteiger partial charge is 0.497 e. The number of aliphatic hydroxyl groups excluding tert-OH is 1. The second-order valence-corrected chi connectivity index (χ2v) is 9.83. The first kappa shape index (κ1) is 25.7. The standard InChI is InChI=1S/C25H33FN2O6/c1-25(2,3)34-24(32)28-10-9-15(16(14-28)11-22(30)31)5-8-21(29)23-18-12-17(33-4)6-7-20(18)27-13-19(23)26/h6-7,12-13,15-16,21,29H,5,8-11,14H2,1-4H3,(H,30,31). The highest BCUT2D eigenvalue weighted by atomic mass is 19.1. The zero-order valence-corrected chi connectivity index (χ0v) is 20.1. The zero-order chi connectivity index (χ0) is 25.0. The van der Waals surface area contributed by atoms with Crippen LogP contribution < -0.4 is 4.74 Å². The second-order valence-electron chi connectivity index (χ2n) is 9.83. The third kappa shape index (κ3) is 6.34. The molecule has 1 aromatic carbocycles. The molecular weight excluding hydrogens is 443 g/mol. The molecule has 0 saturated carbocycles. The van der Waals surface area contributed by atoms with Crippen molar-refractivity contribution in [2.75, 3.05) is 20.2 Å². The number of carboxylic acids is 1. The van der Waals surface area contributed by atoms with Gasteiger partial charge >= 0.3 is 12.1 Å². The third-order valence-corrected chi connectivity index (χ3v) is 6.19. The molecule has 2 aromatic rings. The van der Waals surface area contributed by atoms with E-state index in [9.17, 15) is 24.2 Å². The molecule has 2 heterocycles. The van der Waals surface area contributed by atoms with Gasteiger partial charge in [-0.2, -0.15) is 0 Å². The van der Waals surface area contributed by atoms with Crippen LogP contribution in [-0.2, 0) is 9.53 Å². The number of carbonyl (C=O) groups is 2. The van der Waals surface area contributed by atoms with Crippen molar-refractivity contribution < 1.29 is 33.7 Å². The molecule has 0 radical (unpaired) electrons. The number of amides is 1. The molecule has 1 aliphatic rings. The lowest BCUT2D eigenvalue weighted by atomic mass is 9.79. The Hall–Kier alpha value is -2.94. The number of aromatic nitrogens is 1. The molecule has 2 N–H and O–H groups in total. The van der Waals surface area contributed by atoms with E-state index >= 15 is 0 Å². The third-order valence-electron chi connectivity index (χ3n) is 6.19. The fourth-order valence-electron chi connectivity index (χ4n) is 4.56. The highest BCUT2D eigenvalue weighted by Gasteiger charge is 2.35. The Bertz CT molecular complexity index is 1040. The minimum Gasteiger partial charge on any atom is -0.497 e. The molecular formula is C25H33FN2O6. The van der Waals surface area contributed by atoms with E-state index in [2.05, 4.69) is 4.98 Å². The first-order valence-electron chi connectivity index (χ1n) is 11.5. The van der Waals surface area contributed by atoms with Crippen molar-refractivity contribution in [2.45, 2.75) is 58.2 Å². The van der Waals surface area contributed by atoms with Gasteiger partial charge in [-0.05, 0) is 70.1 Å². The van der Waals surface area contributed by atoms with Gasteiger partial charge in [0.05, 0.1) is 31.3 Å². The summed E-state index contributed by atoms with van der Waals surface area (Å²) in [6.45, 7) is 6.06. The van der Waals surface area contributed by atoms with Gasteiger partial charge in [-0.15, -0.1) is 0 Å². The van der Waals surface area contributed by atoms with E-state index in [1.165, 1.54) is 7.11 Å². The molecule has 1 saturated heterocycles. The number of likely N-dealkylation sites (tertiary alicyclic amines) is 1. The number of nitrogens with zero attached hydrogens (tertiary/aromatic N) is 2. The highest BCUT2D eigenvalue weighted by molar-refractivity contribution is 5.84. The van der Waals surface area contributed by atoms with Crippen LogP contribution in [0.25, 0.3) is 10.9 Å². The fraction of sp³-hybridized carbons (Fsp3) is 0.560. The number of rotatable bonds is 7. The summed E-state index contributed by atoms with van der Waals surface area (Å²) >= 11 is 0. The van der Waals surface area contributed by atoms with Crippen LogP contribution in [0.15, 0.2) is 24.4 Å². The quantitative estimate of drug-likeness (QED) is 0.604. The fourth-order valence-corrected chi connectivity index (χ4v) is 4.56. The van der Waals surface area contributed by atoms with Crippen LogP contribution in [-0.4, -0.2) is 58.0 Å². The SMILES string of the molecule is COc1ccc2ncc(F)c(C(O)CCC3CCN(C(=O)OC(C)(C)C)CC3CC(=O)O)c2c1. The molecule has 0 aliphatic carbocycles. The van der Waals surface area contributed by atoms with Crippen molar-refractivity contribution in [3.63, 3.8) is 0 Å². The molecule has 0 bridgehead atoms. The van der Waals surface area contributed by atoms with Crippen molar-refractivity contribution in [3.05, 3.63) is 35.8 Å². The topological polar surface area (TPSA) is 109 Å². The summed E-state index contributed by atoms with van der Waals surface area (Å²) in [5, 5.41) is 20.8. The van der Waals surface area contributed by atoms with Crippen LogP contribution in [0.2, 0.25) is 0 Å².